The van der Waals surface area contributed by atoms with E-state index in [0.717, 1.165) is 18.7 Å². The Morgan fingerprint density at radius 2 is 1.70 bits per heavy atom. The van der Waals surface area contributed by atoms with Crippen LogP contribution in [0.4, 0.5) is 0 Å². The van der Waals surface area contributed by atoms with Gasteiger partial charge in [-0.05, 0) is 57.0 Å². The Balaban J connectivity index is 2.41. The Hall–Kier alpha value is -1.67. The third-order valence-corrected chi connectivity index (χ3v) is 3.43. The van der Waals surface area contributed by atoms with Gasteiger partial charge >= 0.3 is 0 Å². The van der Waals surface area contributed by atoms with Gasteiger partial charge in [0.1, 0.15) is 0 Å². The second-order valence-corrected chi connectivity index (χ2v) is 5.54. The molecule has 1 N–H and O–H groups in total. The third-order valence-electron chi connectivity index (χ3n) is 3.43. The molecule has 0 fully saturated rings. The molecule has 0 aliphatic heterocycles. The van der Waals surface area contributed by atoms with Crippen molar-refractivity contribution in [1.82, 2.24) is 10.3 Å². The molecule has 0 radical (unpaired) electrons. The number of nitrogens with zero attached hydrogens (tertiary/aromatic N) is 1. The average Bonchev–Trinajstić information content (AvgIpc) is 2.38. The van der Waals surface area contributed by atoms with Crippen LogP contribution in [0.15, 0.2) is 36.5 Å². The third kappa shape index (κ3) is 3.67. The summed E-state index contributed by atoms with van der Waals surface area (Å²) >= 11 is 0. The van der Waals surface area contributed by atoms with Crippen molar-refractivity contribution in [2.24, 2.45) is 0 Å². The lowest BCUT2D eigenvalue weighted by Crippen LogP contribution is -2.23. The monoisotopic (exact) mass is 268 g/mol. The van der Waals surface area contributed by atoms with Crippen molar-refractivity contribution >= 4 is 0 Å². The topological polar surface area (TPSA) is 24.9 Å². The van der Waals surface area contributed by atoms with Crippen LogP contribution in [0.5, 0.6) is 0 Å². The maximum absolute atomic E-state index is 4.30. The van der Waals surface area contributed by atoms with E-state index in [1.165, 1.54) is 22.3 Å². The van der Waals surface area contributed by atoms with Crippen molar-refractivity contribution in [1.29, 1.82) is 0 Å². The van der Waals surface area contributed by atoms with E-state index in [4.69, 9.17) is 0 Å². The minimum absolute atomic E-state index is 0.246. The SMILES string of the molecule is CCCNC(c1cc(C)cc(C)c1)c1ccnc(C)c1. The van der Waals surface area contributed by atoms with Gasteiger partial charge in [0.05, 0.1) is 6.04 Å². The van der Waals surface area contributed by atoms with Crippen molar-refractivity contribution < 1.29 is 0 Å². The highest BCUT2D eigenvalue weighted by Gasteiger charge is 2.14. The second-order valence-electron chi connectivity index (χ2n) is 5.54. The summed E-state index contributed by atoms with van der Waals surface area (Å²) in [6.07, 6.45) is 3.03. The first kappa shape index (κ1) is 14.7. The molecule has 1 unspecified atom stereocenters. The molecular formula is C18H24N2. The molecule has 20 heavy (non-hydrogen) atoms. The first-order valence-electron chi connectivity index (χ1n) is 7.34. The van der Waals surface area contributed by atoms with Gasteiger partial charge in [-0.2, -0.15) is 0 Å². The van der Waals surface area contributed by atoms with Gasteiger partial charge in [-0.15, -0.1) is 0 Å². The molecule has 0 aliphatic carbocycles. The standard InChI is InChI=1S/C18H24N2/c1-5-7-20-18(16-6-8-19-15(4)12-16)17-10-13(2)9-14(3)11-17/h6,8-12,18,20H,5,7H2,1-4H3. The molecule has 1 aromatic carbocycles. The normalized spacial score (nSPS) is 12.4. The molecule has 1 heterocycles. The van der Waals surface area contributed by atoms with Gasteiger partial charge in [0.15, 0.2) is 0 Å². The van der Waals surface area contributed by atoms with E-state index in [-0.39, 0.29) is 6.04 Å². The average molecular weight is 268 g/mol. The van der Waals surface area contributed by atoms with Crippen LogP contribution in [0, 0.1) is 20.8 Å². The van der Waals surface area contributed by atoms with Crippen molar-refractivity contribution in [2.75, 3.05) is 6.54 Å². The quantitative estimate of drug-likeness (QED) is 0.883. The number of aromatic nitrogens is 1. The zero-order valence-corrected chi connectivity index (χ0v) is 12.9. The number of pyridine rings is 1. The Kier molecular flexibility index (Phi) is 4.91. The molecule has 0 amide bonds. The number of hydrogen-bond donors (Lipinski definition) is 1. The number of nitrogens with one attached hydrogen (secondary N) is 1. The van der Waals surface area contributed by atoms with E-state index in [2.05, 4.69) is 61.4 Å². The summed E-state index contributed by atoms with van der Waals surface area (Å²) in [7, 11) is 0. The summed E-state index contributed by atoms with van der Waals surface area (Å²) in [5.74, 6) is 0. The van der Waals surface area contributed by atoms with Gasteiger partial charge < -0.3 is 5.32 Å². The van der Waals surface area contributed by atoms with Crippen LogP contribution in [0.25, 0.3) is 0 Å². The molecule has 2 heteroatoms. The van der Waals surface area contributed by atoms with Crippen molar-refractivity contribution in [3.05, 3.63) is 64.5 Å². The molecular weight excluding hydrogens is 244 g/mol. The summed E-state index contributed by atoms with van der Waals surface area (Å²) in [4.78, 5) is 4.30. The molecule has 0 spiro atoms. The maximum Gasteiger partial charge on any atom is 0.0578 e. The van der Waals surface area contributed by atoms with E-state index in [1.54, 1.807) is 0 Å². The second kappa shape index (κ2) is 6.67. The molecule has 2 nitrogen and oxygen atoms in total. The molecule has 1 atom stereocenters. The van der Waals surface area contributed by atoms with E-state index >= 15 is 0 Å². The predicted molar refractivity (Wildman–Crippen MR) is 85.0 cm³/mol. The van der Waals surface area contributed by atoms with Gasteiger partial charge in [0.25, 0.3) is 0 Å². The van der Waals surface area contributed by atoms with E-state index in [1.807, 2.05) is 13.1 Å². The number of aryl methyl sites for hydroxylation is 3. The highest BCUT2D eigenvalue weighted by Crippen LogP contribution is 2.24. The zero-order chi connectivity index (χ0) is 14.5. The number of rotatable bonds is 5. The molecule has 0 bridgehead atoms. The van der Waals surface area contributed by atoms with Crippen molar-refractivity contribution in [3.8, 4) is 0 Å². The molecule has 0 aliphatic rings. The van der Waals surface area contributed by atoms with Gasteiger partial charge in [0.2, 0.25) is 0 Å². The van der Waals surface area contributed by atoms with E-state index in [9.17, 15) is 0 Å². The van der Waals surface area contributed by atoms with Crippen LogP contribution < -0.4 is 5.32 Å². The molecule has 0 saturated heterocycles. The Labute approximate surface area is 122 Å². The fourth-order valence-corrected chi connectivity index (χ4v) is 2.64. The summed E-state index contributed by atoms with van der Waals surface area (Å²) in [6, 6.07) is 11.3. The van der Waals surface area contributed by atoms with Crippen LogP contribution >= 0.6 is 0 Å². The first-order valence-corrected chi connectivity index (χ1v) is 7.34. The van der Waals surface area contributed by atoms with E-state index in [0.29, 0.717) is 0 Å². The van der Waals surface area contributed by atoms with Gasteiger partial charge in [-0.3, -0.25) is 4.98 Å². The van der Waals surface area contributed by atoms with Crippen LogP contribution in [-0.4, -0.2) is 11.5 Å². The predicted octanol–water partition coefficient (Wildman–Crippen LogP) is 4.10. The van der Waals surface area contributed by atoms with Gasteiger partial charge in [-0.1, -0.05) is 36.2 Å². The van der Waals surface area contributed by atoms with Crippen LogP contribution in [-0.2, 0) is 0 Å². The molecule has 2 rings (SSSR count). The summed E-state index contributed by atoms with van der Waals surface area (Å²) < 4.78 is 0. The van der Waals surface area contributed by atoms with Crippen molar-refractivity contribution in [3.63, 3.8) is 0 Å². The van der Waals surface area contributed by atoms with Gasteiger partial charge in [-0.25, -0.2) is 0 Å². The Morgan fingerprint density at radius 3 is 2.30 bits per heavy atom. The smallest absolute Gasteiger partial charge is 0.0578 e. The lowest BCUT2D eigenvalue weighted by atomic mass is 9.95. The summed E-state index contributed by atoms with van der Waals surface area (Å²) in [5, 5.41) is 3.66. The first-order chi connectivity index (χ1) is 9.60. The molecule has 2 aromatic rings. The van der Waals surface area contributed by atoms with Crippen LogP contribution in [0.2, 0.25) is 0 Å². The number of hydrogen-bond acceptors (Lipinski definition) is 2. The molecule has 0 saturated carbocycles. The lowest BCUT2D eigenvalue weighted by Gasteiger charge is -2.21. The minimum Gasteiger partial charge on any atom is -0.306 e. The summed E-state index contributed by atoms with van der Waals surface area (Å²) in [5.41, 5.74) is 6.32. The Morgan fingerprint density at radius 1 is 1.00 bits per heavy atom. The largest absolute Gasteiger partial charge is 0.306 e. The molecule has 106 valence electrons. The van der Waals surface area contributed by atoms with Gasteiger partial charge in [0, 0.05) is 11.9 Å². The fourth-order valence-electron chi connectivity index (χ4n) is 2.64. The van der Waals surface area contributed by atoms with Crippen molar-refractivity contribution in [2.45, 2.75) is 40.2 Å². The fraction of sp³-hybridized carbons (Fsp3) is 0.389. The van der Waals surface area contributed by atoms with Crippen LogP contribution in [0.3, 0.4) is 0 Å². The number of benzene rings is 1. The highest BCUT2D eigenvalue weighted by atomic mass is 14.9. The molecule has 1 aromatic heterocycles. The van der Waals surface area contributed by atoms with E-state index < -0.39 is 0 Å². The zero-order valence-electron chi connectivity index (χ0n) is 12.9. The highest BCUT2D eigenvalue weighted by molar-refractivity contribution is 5.37. The van der Waals surface area contributed by atoms with Crippen LogP contribution in [0.1, 0.15) is 47.3 Å². The summed E-state index contributed by atoms with van der Waals surface area (Å²) in [6.45, 7) is 9.57. The maximum atomic E-state index is 4.30. The minimum atomic E-state index is 0.246. The lowest BCUT2D eigenvalue weighted by molar-refractivity contribution is 0.597. The Bertz CT molecular complexity index is 555.